The summed E-state index contributed by atoms with van der Waals surface area (Å²) in [4.78, 5) is 15.3. The SMILES string of the molecule is [2H]c1cc([2H])c2c(c1[2H])c1c([2H])c([2H])cc([2H])c1n2-c1cc(-c2ccccc2)c2oc3cc(-c4nc(-c5ccccc5)nc(-c5ccc(-c6ccccc6)c6ccccc56)n4)ccc3c2c1. The average molecular weight is 773 g/mol. The number of hydrogen-bond acceptors (Lipinski definition) is 4. The fraction of sp³-hybridized carbons (Fsp3) is 0. The van der Waals surface area contributed by atoms with Gasteiger partial charge in [0.05, 0.1) is 19.3 Å². The molecular weight excluding hydrogens is 733 g/mol. The van der Waals surface area contributed by atoms with Crippen molar-refractivity contribution in [3.05, 3.63) is 206 Å². The predicted molar refractivity (Wildman–Crippen MR) is 246 cm³/mol. The smallest absolute Gasteiger partial charge is 0.164 e. The lowest BCUT2D eigenvalue weighted by Gasteiger charge is -2.13. The summed E-state index contributed by atoms with van der Waals surface area (Å²) < 4.78 is 61.7. The van der Waals surface area contributed by atoms with Gasteiger partial charge in [-0.3, -0.25) is 0 Å². The van der Waals surface area contributed by atoms with Gasteiger partial charge in [0.2, 0.25) is 0 Å². The molecule has 0 N–H and O–H groups in total. The van der Waals surface area contributed by atoms with Crippen LogP contribution >= 0.6 is 0 Å². The van der Waals surface area contributed by atoms with Gasteiger partial charge in [0.15, 0.2) is 17.5 Å². The summed E-state index contributed by atoms with van der Waals surface area (Å²) >= 11 is 0. The highest BCUT2D eigenvalue weighted by atomic mass is 16.3. The number of hydrogen-bond donors (Lipinski definition) is 0. The van der Waals surface area contributed by atoms with Crippen molar-refractivity contribution >= 4 is 54.5 Å². The zero-order valence-electron chi connectivity index (χ0n) is 37.9. The van der Waals surface area contributed by atoms with Gasteiger partial charge in [0.25, 0.3) is 0 Å². The lowest BCUT2D eigenvalue weighted by atomic mass is 9.94. The molecule has 280 valence electrons. The fourth-order valence-electron chi connectivity index (χ4n) is 8.44. The van der Waals surface area contributed by atoms with Crippen molar-refractivity contribution in [1.82, 2.24) is 19.5 Å². The first-order valence-electron chi connectivity index (χ1n) is 22.7. The van der Waals surface area contributed by atoms with E-state index in [9.17, 15) is 0 Å². The second kappa shape index (κ2) is 13.8. The van der Waals surface area contributed by atoms with Gasteiger partial charge in [-0.05, 0) is 69.9 Å². The first-order valence-corrected chi connectivity index (χ1v) is 19.7. The third-order valence-electron chi connectivity index (χ3n) is 11.2. The third-order valence-corrected chi connectivity index (χ3v) is 11.2. The van der Waals surface area contributed by atoms with E-state index in [4.69, 9.17) is 27.6 Å². The summed E-state index contributed by atoms with van der Waals surface area (Å²) in [5, 5.41) is 4.06. The van der Waals surface area contributed by atoms with Crippen LogP contribution in [0.3, 0.4) is 0 Å². The largest absolute Gasteiger partial charge is 0.455 e. The second-order valence-electron chi connectivity index (χ2n) is 14.7. The van der Waals surface area contributed by atoms with Crippen molar-refractivity contribution in [1.29, 1.82) is 0 Å². The summed E-state index contributed by atoms with van der Waals surface area (Å²) in [6, 6.07) is 54.3. The summed E-state index contributed by atoms with van der Waals surface area (Å²) in [5.41, 5.74) is 8.65. The van der Waals surface area contributed by atoms with Gasteiger partial charge in [-0.2, -0.15) is 0 Å². The fourth-order valence-corrected chi connectivity index (χ4v) is 8.44. The minimum absolute atomic E-state index is 0.0256. The van der Waals surface area contributed by atoms with E-state index in [2.05, 4.69) is 36.4 Å². The van der Waals surface area contributed by atoms with Crippen LogP contribution in [0, 0.1) is 0 Å². The van der Waals surface area contributed by atoms with Gasteiger partial charge in [0.1, 0.15) is 11.2 Å². The first-order chi connectivity index (χ1) is 32.2. The van der Waals surface area contributed by atoms with Crippen molar-refractivity contribution < 1.29 is 12.6 Å². The maximum absolute atomic E-state index is 9.10. The molecule has 0 aliphatic heterocycles. The predicted octanol–water partition coefficient (Wildman–Crippen LogP) is 14.4. The second-order valence-corrected chi connectivity index (χ2v) is 14.7. The van der Waals surface area contributed by atoms with Gasteiger partial charge in [0, 0.05) is 49.5 Å². The number of para-hydroxylation sites is 2. The van der Waals surface area contributed by atoms with Crippen molar-refractivity contribution in [2.75, 3.05) is 0 Å². The highest BCUT2D eigenvalue weighted by molar-refractivity contribution is 6.13. The molecular formula is C55H34N4O. The van der Waals surface area contributed by atoms with E-state index < -0.39 is 0 Å². The molecule has 0 saturated carbocycles. The Hall–Kier alpha value is -8.15. The van der Waals surface area contributed by atoms with Gasteiger partial charge in [-0.25, -0.2) is 15.0 Å². The molecule has 3 heterocycles. The Balaban J connectivity index is 1.09. The number of rotatable bonds is 6. The molecule has 5 heteroatoms. The highest BCUT2D eigenvalue weighted by Crippen LogP contribution is 2.42. The van der Waals surface area contributed by atoms with Crippen LogP contribution in [0.4, 0.5) is 0 Å². The molecule has 60 heavy (non-hydrogen) atoms. The minimum atomic E-state index is -0.166. The van der Waals surface area contributed by atoms with E-state index >= 15 is 0 Å². The van der Waals surface area contributed by atoms with Crippen molar-refractivity contribution in [2.24, 2.45) is 0 Å². The molecule has 0 aliphatic carbocycles. The Morgan fingerprint density at radius 1 is 0.383 bits per heavy atom. The minimum Gasteiger partial charge on any atom is -0.455 e. The van der Waals surface area contributed by atoms with Crippen molar-refractivity contribution in [3.8, 4) is 62.1 Å². The summed E-state index contributed by atoms with van der Waals surface area (Å²) in [7, 11) is 0. The van der Waals surface area contributed by atoms with Crippen LogP contribution < -0.4 is 0 Å². The van der Waals surface area contributed by atoms with Crippen LogP contribution in [0.15, 0.2) is 211 Å². The monoisotopic (exact) mass is 772 g/mol. The van der Waals surface area contributed by atoms with E-state index in [1.165, 1.54) is 12.1 Å². The molecule has 0 saturated heterocycles. The molecule has 5 nitrogen and oxygen atoms in total. The van der Waals surface area contributed by atoms with Gasteiger partial charge in [-0.1, -0.05) is 164 Å². The van der Waals surface area contributed by atoms with Crippen LogP contribution in [0.1, 0.15) is 8.22 Å². The molecule has 0 unspecified atom stereocenters. The summed E-state index contributed by atoms with van der Waals surface area (Å²) in [6.07, 6.45) is 0. The molecule has 0 spiro atoms. The summed E-state index contributed by atoms with van der Waals surface area (Å²) in [5.74, 6) is 1.53. The van der Waals surface area contributed by atoms with E-state index in [1.807, 2.05) is 121 Å². The molecule has 0 atom stereocenters. The number of aromatic nitrogens is 4. The van der Waals surface area contributed by atoms with Crippen LogP contribution in [-0.4, -0.2) is 19.5 Å². The molecule has 0 amide bonds. The lowest BCUT2D eigenvalue weighted by Crippen LogP contribution is -2.00. The topological polar surface area (TPSA) is 56.7 Å². The van der Waals surface area contributed by atoms with Crippen molar-refractivity contribution in [2.45, 2.75) is 0 Å². The zero-order valence-corrected chi connectivity index (χ0v) is 31.9. The van der Waals surface area contributed by atoms with E-state index in [0.717, 1.165) is 60.5 Å². The Bertz CT molecular complexity index is 3880. The third kappa shape index (κ3) is 5.52. The molecule has 3 aromatic heterocycles. The van der Waals surface area contributed by atoms with Crippen LogP contribution in [0.25, 0.3) is 117 Å². The maximum Gasteiger partial charge on any atom is 0.164 e. The van der Waals surface area contributed by atoms with Gasteiger partial charge < -0.3 is 8.98 Å². The molecule has 0 bridgehead atoms. The molecule has 0 fully saturated rings. The Morgan fingerprint density at radius 3 is 1.60 bits per heavy atom. The Kier molecular flexibility index (Phi) is 6.48. The first kappa shape index (κ1) is 28.3. The maximum atomic E-state index is 9.10. The van der Waals surface area contributed by atoms with Gasteiger partial charge in [-0.15, -0.1) is 0 Å². The van der Waals surface area contributed by atoms with Crippen LogP contribution in [0.5, 0.6) is 0 Å². The number of benzene rings is 9. The molecule has 0 aliphatic rings. The quantitative estimate of drug-likeness (QED) is 0.169. The molecule has 12 rings (SSSR count). The molecule has 9 aromatic carbocycles. The van der Waals surface area contributed by atoms with Crippen LogP contribution in [-0.2, 0) is 0 Å². The van der Waals surface area contributed by atoms with E-state index in [1.54, 1.807) is 4.57 Å². The lowest BCUT2D eigenvalue weighted by molar-refractivity contribution is 0.670. The number of fused-ring (bicyclic) bond motifs is 7. The Morgan fingerprint density at radius 2 is 0.933 bits per heavy atom. The average Bonchev–Trinajstić information content (AvgIpc) is 3.92. The Labute approximate surface area is 353 Å². The van der Waals surface area contributed by atoms with E-state index in [-0.39, 0.29) is 58.1 Å². The highest BCUT2D eigenvalue weighted by Gasteiger charge is 2.21. The standard InChI is InChI=1S/C55H34N4O/c1-4-16-35(17-5-1)40-30-31-46(42-23-11-10-22-41(40)42)55-57-53(37-20-8-3-9-21-37)56-54(58-55)38-28-29-45-48-34-39(33-47(36-18-6-2-7-19-36)52(48)60-51(45)32-38)59-49-26-14-12-24-43(49)44-25-13-15-27-50(44)59/h1-34H/i12D,13D,24D,25D,26D,27D. The molecule has 0 radical (unpaired) electrons. The van der Waals surface area contributed by atoms with E-state index in [0.29, 0.717) is 34.3 Å². The zero-order chi connectivity index (χ0) is 44.8. The van der Waals surface area contributed by atoms with Gasteiger partial charge >= 0.3 is 0 Å². The number of nitrogens with zero attached hydrogens (tertiary/aromatic N) is 4. The van der Waals surface area contributed by atoms with Crippen molar-refractivity contribution in [3.63, 3.8) is 0 Å². The van der Waals surface area contributed by atoms with Crippen LogP contribution in [0.2, 0.25) is 0 Å². The molecule has 12 aromatic rings. The summed E-state index contributed by atoms with van der Waals surface area (Å²) in [6.45, 7) is 0. The normalized spacial score (nSPS) is 13.1. The number of furan rings is 1.